The number of carbonyl (C=O) groups excluding carboxylic acids is 2. The lowest BCUT2D eigenvalue weighted by Gasteiger charge is -2.16. The van der Waals surface area contributed by atoms with Crippen molar-refractivity contribution in [2.75, 3.05) is 18.5 Å². The van der Waals surface area contributed by atoms with Crippen molar-refractivity contribution in [2.24, 2.45) is 0 Å². The second-order valence-electron chi connectivity index (χ2n) is 6.82. The third-order valence-electron chi connectivity index (χ3n) is 4.66. The lowest BCUT2D eigenvalue weighted by molar-refractivity contribution is -0.115. The van der Waals surface area contributed by atoms with E-state index in [1.54, 1.807) is 30.0 Å². The monoisotopic (exact) mass is 398 g/mol. The maximum Gasteiger partial charge on any atom is 0.253 e. The molecular weight excluding hydrogens is 372 g/mol. The van der Waals surface area contributed by atoms with Gasteiger partial charge < -0.3 is 15.4 Å². The number of thioether (sulfide) groups is 1. The molecule has 1 fully saturated rings. The van der Waals surface area contributed by atoms with Crippen LogP contribution in [-0.2, 0) is 15.3 Å². The van der Waals surface area contributed by atoms with Crippen molar-refractivity contribution in [3.63, 3.8) is 0 Å². The maximum atomic E-state index is 12.6. The smallest absolute Gasteiger partial charge is 0.253 e. The van der Waals surface area contributed by atoms with Crippen LogP contribution in [0.5, 0.6) is 0 Å². The van der Waals surface area contributed by atoms with Gasteiger partial charge in [-0.25, -0.2) is 0 Å². The minimum absolute atomic E-state index is 0.0834. The molecule has 0 aliphatic carbocycles. The van der Waals surface area contributed by atoms with Crippen LogP contribution in [0.2, 0.25) is 0 Å². The number of carbonyl (C=O) groups is 2. The van der Waals surface area contributed by atoms with Crippen molar-refractivity contribution in [3.8, 4) is 0 Å². The Kier molecular flexibility index (Phi) is 7.51. The zero-order valence-electron chi connectivity index (χ0n) is 16.0. The average molecular weight is 399 g/mol. The van der Waals surface area contributed by atoms with E-state index in [1.165, 1.54) is 5.56 Å². The van der Waals surface area contributed by atoms with Gasteiger partial charge in [0, 0.05) is 18.9 Å². The van der Waals surface area contributed by atoms with Crippen molar-refractivity contribution in [3.05, 3.63) is 65.7 Å². The molecule has 28 heavy (non-hydrogen) atoms. The first-order chi connectivity index (χ1) is 13.6. The predicted molar refractivity (Wildman–Crippen MR) is 114 cm³/mol. The Bertz CT molecular complexity index is 791. The fourth-order valence-electron chi connectivity index (χ4n) is 3.00. The number of amides is 2. The zero-order chi connectivity index (χ0) is 19.8. The largest absolute Gasteiger partial charge is 0.376 e. The van der Waals surface area contributed by atoms with Gasteiger partial charge in [0.25, 0.3) is 5.91 Å². The van der Waals surface area contributed by atoms with E-state index in [0.717, 1.165) is 25.2 Å². The molecule has 0 radical (unpaired) electrons. The predicted octanol–water partition coefficient (Wildman–Crippen LogP) is 3.86. The van der Waals surface area contributed by atoms with Gasteiger partial charge in [0.05, 0.1) is 22.6 Å². The molecule has 0 unspecified atom stereocenters. The van der Waals surface area contributed by atoms with Gasteiger partial charge in [0.2, 0.25) is 5.91 Å². The highest BCUT2D eigenvalue weighted by molar-refractivity contribution is 7.99. The molecule has 0 aromatic heterocycles. The number of anilines is 1. The van der Waals surface area contributed by atoms with Crippen LogP contribution < -0.4 is 10.6 Å². The van der Waals surface area contributed by atoms with Gasteiger partial charge in [-0.05, 0) is 37.5 Å². The number of hydrogen-bond acceptors (Lipinski definition) is 4. The highest BCUT2D eigenvalue weighted by Gasteiger charge is 2.20. The summed E-state index contributed by atoms with van der Waals surface area (Å²) in [6.45, 7) is 3.12. The second-order valence-corrected chi connectivity index (χ2v) is 8.15. The number of ether oxygens (including phenoxy) is 1. The first kappa shape index (κ1) is 20.4. The number of nitrogens with one attached hydrogen (secondary N) is 2. The van der Waals surface area contributed by atoms with E-state index in [9.17, 15) is 9.59 Å². The second kappa shape index (κ2) is 10.3. The van der Waals surface area contributed by atoms with Crippen molar-refractivity contribution in [2.45, 2.75) is 36.9 Å². The first-order valence-electron chi connectivity index (χ1n) is 9.58. The van der Waals surface area contributed by atoms with Crippen molar-refractivity contribution >= 4 is 29.3 Å². The summed E-state index contributed by atoms with van der Waals surface area (Å²) in [5.41, 5.74) is 2.18. The zero-order valence-corrected chi connectivity index (χ0v) is 16.8. The lowest BCUT2D eigenvalue weighted by Crippen LogP contribution is -2.32. The van der Waals surface area contributed by atoms with Gasteiger partial charge in [-0.15, -0.1) is 11.8 Å². The molecule has 2 atom stereocenters. The van der Waals surface area contributed by atoms with E-state index in [0.29, 0.717) is 17.8 Å². The van der Waals surface area contributed by atoms with E-state index >= 15 is 0 Å². The number of rotatable bonds is 8. The summed E-state index contributed by atoms with van der Waals surface area (Å²) >= 11 is 1.57. The Hall–Kier alpha value is -2.31. The van der Waals surface area contributed by atoms with Crippen LogP contribution >= 0.6 is 11.8 Å². The van der Waals surface area contributed by atoms with Crippen LogP contribution in [0, 0.1) is 0 Å². The fraction of sp³-hybridized carbons (Fsp3) is 0.364. The molecule has 2 aromatic carbocycles. The van der Waals surface area contributed by atoms with Crippen molar-refractivity contribution in [1.29, 1.82) is 0 Å². The van der Waals surface area contributed by atoms with Gasteiger partial charge in [-0.1, -0.05) is 42.5 Å². The van der Waals surface area contributed by atoms with Gasteiger partial charge in [0.1, 0.15) is 0 Å². The van der Waals surface area contributed by atoms with Crippen LogP contribution in [0.25, 0.3) is 0 Å². The summed E-state index contributed by atoms with van der Waals surface area (Å²) in [6, 6.07) is 17.1. The molecule has 2 aromatic rings. The standard InChI is InChI=1S/C22H26N2O3S/c1-16(28-15-17-8-3-2-4-9-17)21(25)24-20-12-6-5-11-19(20)22(26)23-14-18-10-7-13-27-18/h2-6,8-9,11-12,16,18H,7,10,13-15H2,1H3,(H,23,26)(H,24,25)/t16-,18+/m1/s1. The molecule has 148 valence electrons. The van der Waals surface area contributed by atoms with E-state index in [-0.39, 0.29) is 23.2 Å². The van der Waals surface area contributed by atoms with Crippen LogP contribution in [0.15, 0.2) is 54.6 Å². The summed E-state index contributed by atoms with van der Waals surface area (Å²) in [6.07, 6.45) is 2.08. The maximum absolute atomic E-state index is 12.6. The Morgan fingerprint density at radius 2 is 1.89 bits per heavy atom. The van der Waals surface area contributed by atoms with Crippen LogP contribution in [0.1, 0.15) is 35.7 Å². The Morgan fingerprint density at radius 1 is 1.14 bits per heavy atom. The summed E-state index contributed by atoms with van der Waals surface area (Å²) in [5, 5.41) is 5.58. The van der Waals surface area contributed by atoms with Crippen LogP contribution in [-0.4, -0.2) is 36.3 Å². The molecule has 1 aliphatic heterocycles. The summed E-state index contributed by atoms with van der Waals surface area (Å²) in [4.78, 5) is 25.2. The Morgan fingerprint density at radius 3 is 2.64 bits per heavy atom. The molecule has 0 bridgehead atoms. The minimum Gasteiger partial charge on any atom is -0.376 e. The van der Waals surface area contributed by atoms with Gasteiger partial charge >= 0.3 is 0 Å². The quantitative estimate of drug-likeness (QED) is 0.709. The molecule has 2 N–H and O–H groups in total. The molecule has 2 amide bonds. The SMILES string of the molecule is C[C@@H](SCc1ccccc1)C(=O)Nc1ccccc1C(=O)NC[C@@H]1CCCO1. The highest BCUT2D eigenvalue weighted by atomic mass is 32.2. The molecule has 5 nitrogen and oxygen atoms in total. The minimum atomic E-state index is -0.233. The third kappa shape index (κ3) is 5.84. The van der Waals surface area contributed by atoms with E-state index in [1.807, 2.05) is 43.3 Å². The number of benzene rings is 2. The topological polar surface area (TPSA) is 67.4 Å². The van der Waals surface area contributed by atoms with E-state index in [4.69, 9.17) is 4.74 Å². The molecule has 3 rings (SSSR count). The first-order valence-corrected chi connectivity index (χ1v) is 10.6. The summed E-state index contributed by atoms with van der Waals surface area (Å²) in [5.74, 6) is 0.454. The summed E-state index contributed by atoms with van der Waals surface area (Å²) in [7, 11) is 0. The molecule has 1 aliphatic rings. The number of para-hydroxylation sites is 1. The molecular formula is C22H26N2O3S. The molecule has 0 spiro atoms. The van der Waals surface area contributed by atoms with Gasteiger partial charge in [0.15, 0.2) is 0 Å². The lowest BCUT2D eigenvalue weighted by atomic mass is 10.1. The van der Waals surface area contributed by atoms with Gasteiger partial charge in [-0.3, -0.25) is 9.59 Å². The average Bonchev–Trinajstić information content (AvgIpc) is 3.25. The summed E-state index contributed by atoms with van der Waals surface area (Å²) < 4.78 is 5.54. The van der Waals surface area contributed by atoms with Crippen molar-refractivity contribution < 1.29 is 14.3 Å². The Balaban J connectivity index is 1.55. The van der Waals surface area contributed by atoms with Crippen LogP contribution in [0.4, 0.5) is 5.69 Å². The van der Waals surface area contributed by atoms with E-state index < -0.39 is 0 Å². The third-order valence-corrected chi connectivity index (χ3v) is 5.87. The normalized spacial score (nSPS) is 17.1. The molecule has 6 heteroatoms. The van der Waals surface area contributed by atoms with E-state index in [2.05, 4.69) is 10.6 Å². The molecule has 1 heterocycles. The molecule has 0 saturated carbocycles. The van der Waals surface area contributed by atoms with Crippen molar-refractivity contribution in [1.82, 2.24) is 5.32 Å². The number of hydrogen-bond donors (Lipinski definition) is 2. The highest BCUT2D eigenvalue weighted by Crippen LogP contribution is 2.21. The van der Waals surface area contributed by atoms with Crippen LogP contribution in [0.3, 0.4) is 0 Å². The Labute approximate surface area is 170 Å². The molecule has 1 saturated heterocycles. The van der Waals surface area contributed by atoms with Gasteiger partial charge in [-0.2, -0.15) is 0 Å². The fourth-order valence-corrected chi connectivity index (χ4v) is 3.85.